The SMILES string of the molecule is O=C(C=COCCOCCOCCNC(=O)COCC1COc2cscc2O1)NCCOCCOCCCCCCCl. The zero-order chi connectivity index (χ0) is 29.9. The highest BCUT2D eigenvalue weighted by Gasteiger charge is 2.22. The van der Waals surface area contributed by atoms with Gasteiger partial charge in [-0.1, -0.05) is 12.8 Å². The van der Waals surface area contributed by atoms with E-state index in [1.807, 2.05) is 10.8 Å². The van der Waals surface area contributed by atoms with Crippen LogP contribution in [-0.2, 0) is 38.0 Å². The van der Waals surface area contributed by atoms with Crippen molar-refractivity contribution in [1.29, 1.82) is 0 Å². The highest BCUT2D eigenvalue weighted by molar-refractivity contribution is 7.08. The van der Waals surface area contributed by atoms with Crippen molar-refractivity contribution >= 4 is 34.8 Å². The summed E-state index contributed by atoms with van der Waals surface area (Å²) in [4.78, 5) is 23.6. The number of amides is 2. The van der Waals surface area contributed by atoms with Gasteiger partial charge in [-0.2, -0.15) is 0 Å². The molecule has 2 N–H and O–H groups in total. The maximum absolute atomic E-state index is 11.8. The smallest absolute Gasteiger partial charge is 0.247 e. The molecule has 2 heterocycles. The van der Waals surface area contributed by atoms with Gasteiger partial charge in [-0.3, -0.25) is 9.59 Å². The summed E-state index contributed by atoms with van der Waals surface area (Å²) in [5, 5.41) is 9.20. The molecule has 2 rings (SSSR count). The maximum Gasteiger partial charge on any atom is 0.247 e. The first-order valence-electron chi connectivity index (χ1n) is 14.3. The molecule has 14 heteroatoms. The Balaban J connectivity index is 1.26. The molecule has 2 amide bonds. The lowest BCUT2D eigenvalue weighted by Gasteiger charge is -2.24. The van der Waals surface area contributed by atoms with Gasteiger partial charge >= 0.3 is 0 Å². The molecule has 0 radical (unpaired) electrons. The molecule has 0 saturated heterocycles. The second kappa shape index (κ2) is 25.4. The van der Waals surface area contributed by atoms with Crippen molar-refractivity contribution < 1.29 is 47.5 Å². The second-order valence-electron chi connectivity index (χ2n) is 9.03. The van der Waals surface area contributed by atoms with Gasteiger partial charge in [-0.05, 0) is 12.8 Å². The number of carbonyl (C=O) groups excluding carboxylic acids is 2. The van der Waals surface area contributed by atoms with Crippen LogP contribution in [0.25, 0.3) is 0 Å². The first-order chi connectivity index (χ1) is 20.7. The van der Waals surface area contributed by atoms with E-state index in [1.54, 1.807) is 0 Å². The zero-order valence-electron chi connectivity index (χ0n) is 24.2. The van der Waals surface area contributed by atoms with Crippen LogP contribution in [0.2, 0.25) is 0 Å². The molecular formula is C28H45ClN2O10S. The normalized spacial score (nSPS) is 14.3. The molecule has 0 aliphatic carbocycles. The van der Waals surface area contributed by atoms with Crippen LogP contribution >= 0.6 is 22.9 Å². The molecule has 1 unspecified atom stereocenters. The Hall–Kier alpha value is -2.13. The van der Waals surface area contributed by atoms with E-state index in [0.717, 1.165) is 43.9 Å². The predicted octanol–water partition coefficient (Wildman–Crippen LogP) is 2.53. The lowest BCUT2D eigenvalue weighted by Crippen LogP contribution is -2.36. The van der Waals surface area contributed by atoms with Crippen molar-refractivity contribution in [2.24, 2.45) is 0 Å². The summed E-state index contributed by atoms with van der Waals surface area (Å²) < 4.78 is 43.7. The monoisotopic (exact) mass is 636 g/mol. The van der Waals surface area contributed by atoms with Crippen LogP contribution in [0.3, 0.4) is 0 Å². The van der Waals surface area contributed by atoms with Gasteiger partial charge in [0.05, 0.1) is 59.1 Å². The van der Waals surface area contributed by atoms with E-state index in [1.165, 1.54) is 23.7 Å². The van der Waals surface area contributed by atoms with Crippen molar-refractivity contribution in [3.63, 3.8) is 0 Å². The molecule has 0 saturated carbocycles. The highest BCUT2D eigenvalue weighted by atomic mass is 35.5. The van der Waals surface area contributed by atoms with Crippen LogP contribution in [0.15, 0.2) is 23.1 Å². The molecule has 1 aliphatic heterocycles. The van der Waals surface area contributed by atoms with Crippen molar-refractivity contribution in [2.75, 3.05) is 98.3 Å². The van der Waals surface area contributed by atoms with Crippen LogP contribution in [-0.4, -0.2) is 116 Å². The Morgan fingerprint density at radius 2 is 1.50 bits per heavy atom. The second-order valence-corrected chi connectivity index (χ2v) is 10.2. The summed E-state index contributed by atoms with van der Waals surface area (Å²) in [7, 11) is 0. The van der Waals surface area contributed by atoms with Gasteiger partial charge in [0.25, 0.3) is 0 Å². The lowest BCUT2D eigenvalue weighted by molar-refractivity contribution is -0.127. The van der Waals surface area contributed by atoms with Gasteiger partial charge in [0.1, 0.15) is 19.8 Å². The van der Waals surface area contributed by atoms with Crippen molar-refractivity contribution in [3.05, 3.63) is 23.1 Å². The summed E-state index contributed by atoms with van der Waals surface area (Å²) in [5.74, 6) is 1.70. The summed E-state index contributed by atoms with van der Waals surface area (Å²) >= 11 is 7.15. The van der Waals surface area contributed by atoms with Gasteiger partial charge in [-0.15, -0.1) is 22.9 Å². The third-order valence-electron chi connectivity index (χ3n) is 5.54. The number of unbranched alkanes of at least 4 members (excludes halogenated alkanes) is 3. The quantitative estimate of drug-likeness (QED) is 0.0643. The van der Waals surface area contributed by atoms with Crippen LogP contribution in [0.4, 0.5) is 0 Å². The molecular weight excluding hydrogens is 592 g/mol. The lowest BCUT2D eigenvalue weighted by atomic mass is 10.2. The fraction of sp³-hybridized carbons (Fsp3) is 0.714. The topological polar surface area (TPSA) is 132 Å². The van der Waals surface area contributed by atoms with Gasteiger partial charge in [0.15, 0.2) is 17.6 Å². The summed E-state index contributed by atoms with van der Waals surface area (Å²) in [6.45, 7) is 5.38. The number of halogens is 1. The van der Waals surface area contributed by atoms with Gasteiger partial charge in [-0.25, -0.2) is 0 Å². The molecule has 1 aromatic heterocycles. The standard InChI is InChI=1S/C28H45ClN2O10S/c29-6-3-1-2-4-9-34-13-15-36-11-7-30-27(32)5-10-35-14-17-38-18-16-37-12-8-31-28(33)21-39-19-24-20-40-25-22-42-23-26(25)41-24/h5,10,22-24H,1-4,6-9,11-21H2,(H,30,32)(H,31,33). The minimum atomic E-state index is -0.259. The molecule has 240 valence electrons. The molecule has 0 bridgehead atoms. The van der Waals surface area contributed by atoms with Crippen molar-refractivity contribution in [3.8, 4) is 11.5 Å². The highest BCUT2D eigenvalue weighted by Crippen LogP contribution is 2.35. The van der Waals surface area contributed by atoms with Gasteiger partial charge < -0.3 is 48.5 Å². The Kier molecular flexibility index (Phi) is 21.8. The fourth-order valence-electron chi connectivity index (χ4n) is 3.43. The first kappa shape index (κ1) is 36.1. The Labute approximate surface area is 257 Å². The molecule has 0 aromatic carbocycles. The third kappa shape index (κ3) is 19.1. The number of carbonyl (C=O) groups is 2. The van der Waals surface area contributed by atoms with E-state index in [-0.39, 0.29) is 31.1 Å². The summed E-state index contributed by atoms with van der Waals surface area (Å²) in [6.07, 6.45) is 6.77. The minimum Gasteiger partial charge on any atom is -0.499 e. The van der Waals surface area contributed by atoms with E-state index >= 15 is 0 Å². The number of nitrogens with one attached hydrogen (secondary N) is 2. The van der Waals surface area contributed by atoms with E-state index in [2.05, 4.69) is 10.6 Å². The van der Waals surface area contributed by atoms with Crippen LogP contribution < -0.4 is 20.1 Å². The van der Waals surface area contributed by atoms with Crippen LogP contribution in [0.5, 0.6) is 11.5 Å². The average Bonchev–Trinajstić information content (AvgIpc) is 3.46. The molecule has 1 atom stereocenters. The van der Waals surface area contributed by atoms with Gasteiger partial charge in [0, 0.05) is 42.4 Å². The molecule has 0 spiro atoms. The largest absolute Gasteiger partial charge is 0.499 e. The predicted molar refractivity (Wildman–Crippen MR) is 159 cm³/mol. The van der Waals surface area contributed by atoms with Crippen molar-refractivity contribution in [2.45, 2.75) is 31.8 Å². The van der Waals surface area contributed by atoms with E-state index < -0.39 is 0 Å². The number of rotatable bonds is 27. The van der Waals surface area contributed by atoms with E-state index in [0.29, 0.717) is 78.3 Å². The molecule has 42 heavy (non-hydrogen) atoms. The van der Waals surface area contributed by atoms with Crippen LogP contribution in [0, 0.1) is 0 Å². The number of fused-ring (bicyclic) bond motifs is 1. The molecule has 12 nitrogen and oxygen atoms in total. The number of ether oxygens (including phenoxy) is 8. The Bertz CT molecular complexity index is 860. The Morgan fingerprint density at radius 1 is 0.833 bits per heavy atom. The summed E-state index contributed by atoms with van der Waals surface area (Å²) in [6, 6.07) is 0. The number of hydrogen-bond donors (Lipinski definition) is 2. The summed E-state index contributed by atoms with van der Waals surface area (Å²) in [5.41, 5.74) is 0. The van der Waals surface area contributed by atoms with Crippen molar-refractivity contribution in [1.82, 2.24) is 10.6 Å². The third-order valence-corrected chi connectivity index (χ3v) is 6.51. The number of thiophene rings is 1. The Morgan fingerprint density at radius 3 is 2.29 bits per heavy atom. The first-order valence-corrected chi connectivity index (χ1v) is 15.8. The number of alkyl halides is 1. The number of hydrogen-bond acceptors (Lipinski definition) is 11. The minimum absolute atomic E-state index is 0.0588. The fourth-order valence-corrected chi connectivity index (χ4v) is 4.29. The van der Waals surface area contributed by atoms with E-state index in [9.17, 15) is 9.59 Å². The molecule has 1 aromatic rings. The maximum atomic E-state index is 11.8. The van der Waals surface area contributed by atoms with Gasteiger partial charge in [0.2, 0.25) is 11.8 Å². The van der Waals surface area contributed by atoms with Crippen LogP contribution in [0.1, 0.15) is 25.7 Å². The average molecular weight is 637 g/mol. The van der Waals surface area contributed by atoms with E-state index in [4.69, 9.17) is 49.5 Å². The molecule has 0 fully saturated rings. The zero-order valence-corrected chi connectivity index (χ0v) is 25.8. The molecule has 1 aliphatic rings.